The molecule has 0 spiro atoms. The van der Waals surface area contributed by atoms with E-state index >= 15 is 0 Å². The van der Waals surface area contributed by atoms with Gasteiger partial charge in [-0.05, 0) is 37.6 Å². The van der Waals surface area contributed by atoms with Gasteiger partial charge in [0.05, 0.1) is 23.3 Å². The molecule has 0 aliphatic rings. The molecule has 2 heterocycles. The van der Waals surface area contributed by atoms with Crippen LogP contribution >= 0.6 is 0 Å². The summed E-state index contributed by atoms with van der Waals surface area (Å²) in [4.78, 5) is 7.66. The third kappa shape index (κ3) is 2.52. The van der Waals surface area contributed by atoms with Gasteiger partial charge >= 0.3 is 0 Å². The van der Waals surface area contributed by atoms with Gasteiger partial charge in [-0.3, -0.25) is 4.68 Å². The van der Waals surface area contributed by atoms with Crippen LogP contribution in [0.1, 0.15) is 24.9 Å². The van der Waals surface area contributed by atoms with E-state index in [0.29, 0.717) is 0 Å². The van der Waals surface area contributed by atoms with Crippen molar-refractivity contribution in [3.63, 3.8) is 0 Å². The van der Waals surface area contributed by atoms with E-state index in [4.69, 9.17) is 0 Å². The number of imidazole rings is 1. The van der Waals surface area contributed by atoms with Crippen molar-refractivity contribution in [2.75, 3.05) is 5.32 Å². The number of nitrogens with zero attached hydrogens (tertiary/aromatic N) is 3. The maximum atomic E-state index is 4.41. The summed E-state index contributed by atoms with van der Waals surface area (Å²) >= 11 is 0. The minimum Gasteiger partial charge on any atom is -0.379 e. The number of rotatable bonds is 5. The lowest BCUT2D eigenvalue weighted by Crippen LogP contribution is -2.08. The van der Waals surface area contributed by atoms with Gasteiger partial charge in [-0.1, -0.05) is 6.92 Å². The standard InChI is InChI=1S/C15H19N5/c1-3-8-20-13(6-7-17-20)10-16-12-4-5-14-15(9-12)19-11(2)18-14/h4-7,9,16H,3,8,10H2,1-2H3,(H,18,19). The number of aromatic amines is 1. The molecule has 2 N–H and O–H groups in total. The van der Waals surface area contributed by atoms with Gasteiger partial charge in [0.2, 0.25) is 0 Å². The van der Waals surface area contributed by atoms with E-state index < -0.39 is 0 Å². The van der Waals surface area contributed by atoms with Crippen molar-refractivity contribution in [1.82, 2.24) is 19.7 Å². The van der Waals surface area contributed by atoms with E-state index in [-0.39, 0.29) is 0 Å². The van der Waals surface area contributed by atoms with Gasteiger partial charge in [0.25, 0.3) is 0 Å². The van der Waals surface area contributed by atoms with Crippen LogP contribution in [0.4, 0.5) is 5.69 Å². The summed E-state index contributed by atoms with van der Waals surface area (Å²) in [6, 6.07) is 8.24. The minimum absolute atomic E-state index is 0.776. The van der Waals surface area contributed by atoms with E-state index in [1.165, 1.54) is 5.69 Å². The van der Waals surface area contributed by atoms with Gasteiger partial charge in [-0.25, -0.2) is 4.98 Å². The van der Waals surface area contributed by atoms with E-state index in [0.717, 1.165) is 42.1 Å². The predicted molar refractivity (Wildman–Crippen MR) is 80.7 cm³/mol. The number of nitrogens with one attached hydrogen (secondary N) is 2. The minimum atomic E-state index is 0.776. The number of aryl methyl sites for hydroxylation is 2. The molecule has 3 aromatic rings. The van der Waals surface area contributed by atoms with Gasteiger partial charge in [0, 0.05) is 18.4 Å². The fraction of sp³-hybridized carbons (Fsp3) is 0.333. The monoisotopic (exact) mass is 269 g/mol. The molecule has 0 amide bonds. The van der Waals surface area contributed by atoms with Crippen molar-refractivity contribution in [2.45, 2.75) is 33.4 Å². The number of benzene rings is 1. The van der Waals surface area contributed by atoms with Crippen LogP contribution in [0.25, 0.3) is 11.0 Å². The zero-order valence-corrected chi connectivity index (χ0v) is 11.8. The van der Waals surface area contributed by atoms with Crippen LogP contribution < -0.4 is 5.32 Å². The predicted octanol–water partition coefficient (Wildman–Crippen LogP) is 3.09. The largest absolute Gasteiger partial charge is 0.379 e. The Morgan fingerprint density at radius 3 is 3.05 bits per heavy atom. The second-order valence-electron chi connectivity index (χ2n) is 4.95. The number of hydrogen-bond donors (Lipinski definition) is 2. The summed E-state index contributed by atoms with van der Waals surface area (Å²) in [6.45, 7) is 5.87. The normalized spacial score (nSPS) is 11.1. The smallest absolute Gasteiger partial charge is 0.104 e. The fourth-order valence-electron chi connectivity index (χ4n) is 2.36. The molecule has 0 bridgehead atoms. The van der Waals surface area contributed by atoms with Gasteiger partial charge in [0.1, 0.15) is 5.82 Å². The lowest BCUT2D eigenvalue weighted by atomic mass is 10.2. The molecule has 104 valence electrons. The Morgan fingerprint density at radius 1 is 1.30 bits per heavy atom. The van der Waals surface area contributed by atoms with Crippen LogP contribution in [-0.2, 0) is 13.1 Å². The summed E-state index contributed by atoms with van der Waals surface area (Å²) in [7, 11) is 0. The van der Waals surface area contributed by atoms with Crippen LogP contribution in [0.2, 0.25) is 0 Å². The molecule has 0 aliphatic carbocycles. The van der Waals surface area contributed by atoms with E-state index in [9.17, 15) is 0 Å². The van der Waals surface area contributed by atoms with Gasteiger partial charge in [0.15, 0.2) is 0 Å². The van der Waals surface area contributed by atoms with Crippen molar-refractivity contribution in [3.05, 3.63) is 42.0 Å². The summed E-state index contributed by atoms with van der Waals surface area (Å²) in [5.41, 5.74) is 4.36. The first-order chi connectivity index (χ1) is 9.76. The molecule has 2 aromatic heterocycles. The third-order valence-corrected chi connectivity index (χ3v) is 3.31. The van der Waals surface area contributed by atoms with Crippen molar-refractivity contribution < 1.29 is 0 Å². The van der Waals surface area contributed by atoms with Gasteiger partial charge in [-0.15, -0.1) is 0 Å². The molecule has 5 heteroatoms. The van der Waals surface area contributed by atoms with Crippen molar-refractivity contribution in [1.29, 1.82) is 0 Å². The Morgan fingerprint density at radius 2 is 2.20 bits per heavy atom. The van der Waals surface area contributed by atoms with E-state index in [1.807, 2.05) is 23.9 Å². The van der Waals surface area contributed by atoms with Gasteiger partial charge < -0.3 is 10.3 Å². The summed E-state index contributed by atoms with van der Waals surface area (Å²) < 4.78 is 2.05. The second-order valence-corrected chi connectivity index (χ2v) is 4.95. The van der Waals surface area contributed by atoms with Crippen LogP contribution in [0.3, 0.4) is 0 Å². The molecule has 0 aliphatic heterocycles. The highest BCUT2D eigenvalue weighted by Crippen LogP contribution is 2.17. The third-order valence-electron chi connectivity index (χ3n) is 3.31. The Hall–Kier alpha value is -2.30. The van der Waals surface area contributed by atoms with Crippen molar-refractivity contribution >= 4 is 16.7 Å². The first-order valence-corrected chi connectivity index (χ1v) is 6.97. The van der Waals surface area contributed by atoms with Crippen LogP contribution in [0, 0.1) is 6.92 Å². The Kier molecular flexibility index (Phi) is 3.41. The maximum Gasteiger partial charge on any atom is 0.104 e. The van der Waals surface area contributed by atoms with Crippen molar-refractivity contribution in [3.8, 4) is 0 Å². The lowest BCUT2D eigenvalue weighted by molar-refractivity contribution is 0.578. The molecule has 0 unspecified atom stereocenters. The summed E-state index contributed by atoms with van der Waals surface area (Å²) in [5, 5.41) is 7.77. The number of aromatic nitrogens is 4. The Bertz CT molecular complexity index is 710. The molecule has 0 radical (unpaired) electrons. The number of anilines is 1. The quantitative estimate of drug-likeness (QED) is 0.748. The fourth-order valence-corrected chi connectivity index (χ4v) is 2.36. The average molecular weight is 269 g/mol. The number of H-pyrrole nitrogens is 1. The maximum absolute atomic E-state index is 4.41. The zero-order valence-electron chi connectivity index (χ0n) is 11.8. The molecule has 1 aromatic carbocycles. The molecule has 0 fully saturated rings. The molecule has 20 heavy (non-hydrogen) atoms. The van der Waals surface area contributed by atoms with Crippen LogP contribution in [0.15, 0.2) is 30.5 Å². The topological polar surface area (TPSA) is 58.5 Å². The van der Waals surface area contributed by atoms with Gasteiger partial charge in [-0.2, -0.15) is 5.10 Å². The second kappa shape index (κ2) is 5.36. The molecule has 5 nitrogen and oxygen atoms in total. The first-order valence-electron chi connectivity index (χ1n) is 6.97. The SMILES string of the molecule is CCCn1nccc1CNc1ccc2nc(C)[nH]c2c1. The molecular weight excluding hydrogens is 250 g/mol. The molecule has 0 atom stereocenters. The van der Waals surface area contributed by atoms with Crippen LogP contribution in [0.5, 0.6) is 0 Å². The Balaban J connectivity index is 1.74. The summed E-state index contributed by atoms with van der Waals surface area (Å²) in [5.74, 6) is 0.943. The molecule has 0 saturated carbocycles. The highest BCUT2D eigenvalue weighted by atomic mass is 15.3. The first kappa shape index (κ1) is 12.7. The molecule has 3 rings (SSSR count). The molecule has 0 saturated heterocycles. The lowest BCUT2D eigenvalue weighted by Gasteiger charge is -2.08. The number of fused-ring (bicyclic) bond motifs is 1. The highest BCUT2D eigenvalue weighted by Gasteiger charge is 2.03. The summed E-state index contributed by atoms with van der Waals surface area (Å²) in [6.07, 6.45) is 2.95. The average Bonchev–Trinajstić information content (AvgIpc) is 3.01. The van der Waals surface area contributed by atoms with E-state index in [2.05, 4.69) is 45.5 Å². The Labute approximate surface area is 118 Å². The number of hydrogen-bond acceptors (Lipinski definition) is 3. The zero-order chi connectivity index (χ0) is 13.9. The van der Waals surface area contributed by atoms with Crippen LogP contribution in [-0.4, -0.2) is 19.7 Å². The van der Waals surface area contributed by atoms with E-state index in [1.54, 1.807) is 0 Å². The molecular formula is C15H19N5. The highest BCUT2D eigenvalue weighted by molar-refractivity contribution is 5.79. The van der Waals surface area contributed by atoms with Crippen molar-refractivity contribution in [2.24, 2.45) is 0 Å².